The first-order chi connectivity index (χ1) is 18.4. The Morgan fingerprint density at radius 3 is 2.56 bits per heavy atom. The summed E-state index contributed by atoms with van der Waals surface area (Å²) in [7, 11) is -3.67. The largest absolute Gasteiger partial charge is 0.465 e. The van der Waals surface area contributed by atoms with Crippen LogP contribution in [0.2, 0.25) is 0 Å². The zero-order valence-corrected chi connectivity index (χ0v) is 23.0. The van der Waals surface area contributed by atoms with Gasteiger partial charge in [0.2, 0.25) is 11.7 Å². The Morgan fingerprint density at radius 2 is 1.90 bits per heavy atom. The lowest BCUT2D eigenvalue weighted by Crippen LogP contribution is -2.58. The number of hydrogen-bond donors (Lipinski definition) is 5. The fourth-order valence-corrected chi connectivity index (χ4v) is 5.14. The summed E-state index contributed by atoms with van der Waals surface area (Å²) >= 11 is 0. The molecule has 1 saturated carbocycles. The minimum atomic E-state index is -3.67. The maximum atomic E-state index is 15.4. The Morgan fingerprint density at radius 1 is 1.21 bits per heavy atom. The molecular weight excluding hydrogens is 537 g/mol. The first-order valence-electron chi connectivity index (χ1n) is 13.0. The standard InChI is InChI=1S/C22H34FN7O4.CH4O3S/c1-14-25-19(18(23)20(26-14)30-7-6-29-8-9-34-13-17(29)12-30)27-28-21(31)16(11-24-22(32)33)10-15-4-2-3-5-15;1-5(2,3)4/h15-17,24H,2-13H2,1H3,(H,28,31)(H,32,33)(H,25,26,27);1H3,(H,2,3,4)/t16-,17+;/m0./s1. The Hall–Kier alpha value is -2.82. The van der Waals surface area contributed by atoms with Gasteiger partial charge in [0.05, 0.1) is 31.4 Å². The molecule has 0 aromatic carbocycles. The van der Waals surface area contributed by atoms with E-state index in [2.05, 4.69) is 31.0 Å². The molecule has 3 fully saturated rings. The summed E-state index contributed by atoms with van der Waals surface area (Å²) in [4.78, 5) is 36.5. The number of rotatable bonds is 8. The van der Waals surface area contributed by atoms with E-state index >= 15 is 4.39 Å². The van der Waals surface area contributed by atoms with Gasteiger partial charge >= 0.3 is 6.09 Å². The average molecular weight is 576 g/mol. The van der Waals surface area contributed by atoms with Crippen LogP contribution in [0.25, 0.3) is 0 Å². The van der Waals surface area contributed by atoms with E-state index in [-0.39, 0.29) is 24.2 Å². The zero-order chi connectivity index (χ0) is 28.6. The van der Waals surface area contributed by atoms with Crippen LogP contribution in [0.4, 0.5) is 20.8 Å². The smallest absolute Gasteiger partial charge is 0.404 e. The number of piperazine rings is 1. The van der Waals surface area contributed by atoms with Gasteiger partial charge in [-0.25, -0.2) is 14.8 Å². The van der Waals surface area contributed by atoms with E-state index in [1.807, 2.05) is 4.90 Å². The van der Waals surface area contributed by atoms with Crippen LogP contribution in [0.5, 0.6) is 0 Å². The molecule has 2 saturated heterocycles. The zero-order valence-electron chi connectivity index (χ0n) is 22.2. The summed E-state index contributed by atoms with van der Waals surface area (Å²) in [5.74, 6) is -0.730. The molecule has 0 bridgehead atoms. The molecule has 4 rings (SSSR count). The molecule has 3 heterocycles. The van der Waals surface area contributed by atoms with E-state index in [0.29, 0.717) is 44.1 Å². The summed E-state index contributed by atoms with van der Waals surface area (Å²) < 4.78 is 46.8. The number of nitrogens with one attached hydrogen (secondary N) is 3. The minimum absolute atomic E-state index is 0.00359. The summed E-state index contributed by atoms with van der Waals surface area (Å²) in [5.41, 5.74) is 5.16. The Labute approximate surface area is 227 Å². The predicted molar refractivity (Wildman–Crippen MR) is 140 cm³/mol. The van der Waals surface area contributed by atoms with Crippen molar-refractivity contribution in [2.45, 2.75) is 45.1 Å². The molecular formula is C23H38FN7O7S. The highest BCUT2D eigenvalue weighted by Crippen LogP contribution is 2.30. The van der Waals surface area contributed by atoms with Gasteiger partial charge in [0, 0.05) is 32.7 Å². The molecule has 2 atom stereocenters. The monoisotopic (exact) mass is 575 g/mol. The van der Waals surface area contributed by atoms with Crippen LogP contribution >= 0.6 is 0 Å². The number of nitrogens with zero attached hydrogens (tertiary/aromatic N) is 4. The highest BCUT2D eigenvalue weighted by atomic mass is 32.2. The van der Waals surface area contributed by atoms with Crippen LogP contribution in [0.3, 0.4) is 0 Å². The summed E-state index contributed by atoms with van der Waals surface area (Å²) in [6, 6.07) is 0.186. The van der Waals surface area contributed by atoms with E-state index in [0.717, 1.165) is 45.4 Å². The first kappa shape index (κ1) is 30.7. The topological polar surface area (TPSA) is 186 Å². The van der Waals surface area contributed by atoms with Gasteiger partial charge in [0.15, 0.2) is 11.6 Å². The quantitative estimate of drug-likeness (QED) is 0.218. The number of hydrogen-bond acceptors (Lipinski definition) is 10. The molecule has 2 aliphatic heterocycles. The number of ether oxygens (including phenoxy) is 1. The van der Waals surface area contributed by atoms with Gasteiger partial charge in [-0.05, 0) is 19.3 Å². The van der Waals surface area contributed by atoms with Crippen molar-refractivity contribution in [3.05, 3.63) is 11.6 Å². The number of anilines is 2. The number of morpholine rings is 1. The SMILES string of the molecule is CS(=O)(=O)O.Cc1nc(NNC(=O)[C@H](CNC(=O)O)CC2CCCC2)c(F)c(N2CCN3CCOC[C@H]3C2)n1. The summed E-state index contributed by atoms with van der Waals surface area (Å²) in [6.07, 6.45) is 4.44. The molecule has 3 aliphatic rings. The number of fused-ring (bicyclic) bond motifs is 1. The number of amides is 2. The molecule has 39 heavy (non-hydrogen) atoms. The highest BCUT2D eigenvalue weighted by Gasteiger charge is 2.32. The van der Waals surface area contributed by atoms with Gasteiger partial charge in [0.25, 0.3) is 10.1 Å². The Bertz CT molecular complexity index is 1100. The molecule has 220 valence electrons. The molecule has 2 amide bonds. The van der Waals surface area contributed by atoms with Gasteiger partial charge in [-0.1, -0.05) is 25.7 Å². The number of carbonyl (C=O) groups excluding carboxylic acids is 1. The van der Waals surface area contributed by atoms with Gasteiger partial charge in [0.1, 0.15) is 5.82 Å². The Kier molecular flexibility index (Phi) is 11.0. The van der Waals surface area contributed by atoms with Gasteiger partial charge < -0.3 is 20.1 Å². The number of carbonyl (C=O) groups is 2. The number of hydrazine groups is 1. The molecule has 1 aromatic heterocycles. The number of halogens is 1. The van der Waals surface area contributed by atoms with Gasteiger partial charge in [-0.15, -0.1) is 0 Å². The molecule has 0 radical (unpaired) electrons. The summed E-state index contributed by atoms with van der Waals surface area (Å²) in [5, 5.41) is 11.3. The number of aromatic nitrogens is 2. The van der Waals surface area contributed by atoms with Crippen molar-refractivity contribution in [1.82, 2.24) is 25.6 Å². The van der Waals surface area contributed by atoms with Crippen LogP contribution in [0, 0.1) is 24.6 Å². The van der Waals surface area contributed by atoms with E-state index in [4.69, 9.17) is 14.4 Å². The van der Waals surface area contributed by atoms with Crippen LogP contribution in [0.15, 0.2) is 0 Å². The first-order valence-corrected chi connectivity index (χ1v) is 14.8. The van der Waals surface area contributed by atoms with Crippen LogP contribution in [-0.2, 0) is 19.6 Å². The number of carboxylic acid groups (broad SMARTS) is 1. The lowest BCUT2D eigenvalue weighted by atomic mass is 9.92. The minimum Gasteiger partial charge on any atom is -0.465 e. The highest BCUT2D eigenvalue weighted by molar-refractivity contribution is 7.85. The summed E-state index contributed by atoms with van der Waals surface area (Å²) in [6.45, 7) is 5.92. The molecule has 1 aromatic rings. The molecule has 16 heteroatoms. The van der Waals surface area contributed by atoms with E-state index in [9.17, 15) is 18.0 Å². The Balaban J connectivity index is 0.000000771. The van der Waals surface area contributed by atoms with Crippen LogP contribution in [-0.4, -0.2) is 103 Å². The van der Waals surface area contributed by atoms with Crippen molar-refractivity contribution in [3.63, 3.8) is 0 Å². The molecule has 14 nitrogen and oxygen atoms in total. The second-order valence-electron chi connectivity index (χ2n) is 10.1. The van der Waals surface area contributed by atoms with Crippen molar-refractivity contribution < 1.29 is 36.8 Å². The normalized spacial score (nSPS) is 20.8. The third kappa shape index (κ3) is 10.0. The maximum Gasteiger partial charge on any atom is 0.404 e. The third-order valence-electron chi connectivity index (χ3n) is 6.95. The van der Waals surface area contributed by atoms with E-state index in [1.54, 1.807) is 6.92 Å². The van der Waals surface area contributed by atoms with Crippen molar-refractivity contribution in [1.29, 1.82) is 0 Å². The fourth-order valence-electron chi connectivity index (χ4n) is 5.14. The molecule has 0 unspecified atom stereocenters. The number of aryl methyl sites for hydroxylation is 1. The van der Waals surface area contributed by atoms with Gasteiger partial charge in [-0.2, -0.15) is 12.8 Å². The van der Waals surface area contributed by atoms with Crippen LogP contribution < -0.4 is 21.1 Å². The van der Waals surface area contributed by atoms with Crippen molar-refractivity contribution in [2.24, 2.45) is 11.8 Å². The van der Waals surface area contributed by atoms with Gasteiger partial charge in [-0.3, -0.25) is 25.1 Å². The van der Waals surface area contributed by atoms with Crippen molar-refractivity contribution >= 4 is 33.8 Å². The van der Waals surface area contributed by atoms with E-state index in [1.165, 1.54) is 0 Å². The molecule has 5 N–H and O–H groups in total. The van der Waals surface area contributed by atoms with E-state index < -0.39 is 33.9 Å². The van der Waals surface area contributed by atoms with Crippen molar-refractivity contribution in [3.8, 4) is 0 Å². The maximum absolute atomic E-state index is 15.4. The van der Waals surface area contributed by atoms with Crippen molar-refractivity contribution in [2.75, 3.05) is 62.5 Å². The average Bonchev–Trinajstić information content (AvgIpc) is 3.38. The lowest BCUT2D eigenvalue weighted by molar-refractivity contribution is -0.124. The lowest BCUT2D eigenvalue weighted by Gasteiger charge is -2.44. The third-order valence-corrected chi connectivity index (χ3v) is 6.95. The van der Waals surface area contributed by atoms with Crippen LogP contribution in [0.1, 0.15) is 37.9 Å². The molecule has 1 aliphatic carbocycles. The predicted octanol–water partition coefficient (Wildman–Crippen LogP) is 0.856. The second kappa shape index (κ2) is 14.0. The fraction of sp³-hybridized carbons (Fsp3) is 0.739. The second-order valence-corrected chi connectivity index (χ2v) is 11.6. The molecule has 0 spiro atoms.